The number of hydrogen-bond donors (Lipinski definition) is 2. The van der Waals surface area contributed by atoms with Gasteiger partial charge in [-0.05, 0) is 73.0 Å². The van der Waals surface area contributed by atoms with Gasteiger partial charge >= 0.3 is 0 Å². The average Bonchev–Trinajstić information content (AvgIpc) is 2.52. The van der Waals surface area contributed by atoms with Crippen LogP contribution in [0, 0.1) is 19.7 Å². The van der Waals surface area contributed by atoms with Crippen LogP contribution in [0.3, 0.4) is 0 Å². The molecule has 0 heterocycles. The summed E-state index contributed by atoms with van der Waals surface area (Å²) in [5, 5.41) is 10.1. The highest BCUT2D eigenvalue weighted by Gasteiger charge is 2.11. The van der Waals surface area contributed by atoms with Crippen molar-refractivity contribution in [3.63, 3.8) is 0 Å². The molecule has 3 aromatic carbocycles. The first-order valence-electron chi connectivity index (χ1n) is 7.57. The van der Waals surface area contributed by atoms with Crippen LogP contribution in [0.25, 0.3) is 11.1 Å². The first-order valence-corrected chi connectivity index (χ1v) is 7.57. The first-order chi connectivity index (χ1) is 11.4. The van der Waals surface area contributed by atoms with Crippen LogP contribution in [0.15, 0.2) is 54.6 Å². The van der Waals surface area contributed by atoms with Crippen LogP contribution in [0.4, 0.5) is 10.1 Å². The van der Waals surface area contributed by atoms with E-state index in [0.717, 1.165) is 16.9 Å². The SMILES string of the molecule is Cc1cc(N)cc(C)c1Oc1ccc(O)c(-c2cccc(F)c2)c1. The molecule has 4 heteroatoms. The predicted molar refractivity (Wildman–Crippen MR) is 93.9 cm³/mol. The Hall–Kier alpha value is -3.01. The number of anilines is 1. The smallest absolute Gasteiger partial charge is 0.133 e. The molecule has 3 rings (SSSR count). The molecule has 0 spiro atoms. The normalized spacial score (nSPS) is 10.6. The number of nitrogens with two attached hydrogens (primary N) is 1. The third kappa shape index (κ3) is 3.18. The minimum atomic E-state index is -0.358. The zero-order valence-corrected chi connectivity index (χ0v) is 13.5. The van der Waals surface area contributed by atoms with Gasteiger partial charge in [0.1, 0.15) is 23.1 Å². The van der Waals surface area contributed by atoms with Crippen molar-refractivity contribution in [3.8, 4) is 28.4 Å². The quantitative estimate of drug-likeness (QED) is 0.652. The molecule has 0 aromatic heterocycles. The van der Waals surface area contributed by atoms with Crippen molar-refractivity contribution < 1.29 is 14.2 Å². The Morgan fingerprint density at radius 1 is 0.958 bits per heavy atom. The van der Waals surface area contributed by atoms with Crippen molar-refractivity contribution in [3.05, 3.63) is 71.5 Å². The Morgan fingerprint density at radius 2 is 1.67 bits per heavy atom. The molecule has 3 aromatic rings. The minimum Gasteiger partial charge on any atom is -0.507 e. The first kappa shape index (κ1) is 15.9. The number of aryl methyl sites for hydroxylation is 2. The number of phenols is 1. The van der Waals surface area contributed by atoms with E-state index < -0.39 is 0 Å². The summed E-state index contributed by atoms with van der Waals surface area (Å²) in [6, 6.07) is 14.7. The fraction of sp³-hybridized carbons (Fsp3) is 0.100. The van der Waals surface area contributed by atoms with Gasteiger partial charge < -0.3 is 15.6 Å². The highest BCUT2D eigenvalue weighted by atomic mass is 19.1. The maximum atomic E-state index is 13.5. The van der Waals surface area contributed by atoms with Crippen molar-refractivity contribution in [2.75, 3.05) is 5.73 Å². The van der Waals surface area contributed by atoms with Gasteiger partial charge in [0.05, 0.1) is 0 Å². The maximum absolute atomic E-state index is 13.5. The Bertz CT molecular complexity index is 883. The molecule has 0 fully saturated rings. The second-order valence-electron chi connectivity index (χ2n) is 5.78. The molecular formula is C20H18FNO2. The van der Waals surface area contributed by atoms with Crippen LogP contribution in [0.5, 0.6) is 17.2 Å². The maximum Gasteiger partial charge on any atom is 0.133 e. The molecule has 0 atom stereocenters. The summed E-state index contributed by atoms with van der Waals surface area (Å²) in [5.41, 5.74) is 9.46. The molecule has 0 unspecified atom stereocenters. The van der Waals surface area contributed by atoms with Gasteiger partial charge in [0.15, 0.2) is 0 Å². The molecule has 122 valence electrons. The Kier molecular flexibility index (Phi) is 4.13. The van der Waals surface area contributed by atoms with Gasteiger partial charge in [-0.25, -0.2) is 4.39 Å². The summed E-state index contributed by atoms with van der Waals surface area (Å²) < 4.78 is 19.4. The lowest BCUT2D eigenvalue weighted by molar-refractivity contribution is 0.463. The van der Waals surface area contributed by atoms with Crippen molar-refractivity contribution in [1.29, 1.82) is 0 Å². The predicted octanol–water partition coefficient (Wildman–Crippen LogP) is 5.19. The third-order valence-electron chi connectivity index (χ3n) is 3.81. The monoisotopic (exact) mass is 323 g/mol. The van der Waals surface area contributed by atoms with Crippen LogP contribution in [0.2, 0.25) is 0 Å². The van der Waals surface area contributed by atoms with E-state index in [-0.39, 0.29) is 11.6 Å². The Labute approximate surface area is 140 Å². The summed E-state index contributed by atoms with van der Waals surface area (Å²) >= 11 is 0. The Morgan fingerprint density at radius 3 is 2.33 bits per heavy atom. The third-order valence-corrected chi connectivity index (χ3v) is 3.81. The highest BCUT2D eigenvalue weighted by molar-refractivity contribution is 5.72. The molecule has 0 aliphatic carbocycles. The lowest BCUT2D eigenvalue weighted by Gasteiger charge is -2.14. The van der Waals surface area contributed by atoms with E-state index in [1.54, 1.807) is 24.3 Å². The summed E-state index contributed by atoms with van der Waals surface area (Å²) in [5.74, 6) is 0.991. The molecule has 0 aliphatic heterocycles. The van der Waals surface area contributed by atoms with E-state index in [2.05, 4.69) is 0 Å². The molecule has 0 bridgehead atoms. The van der Waals surface area contributed by atoms with Crippen LogP contribution in [-0.2, 0) is 0 Å². The summed E-state index contributed by atoms with van der Waals surface area (Å²) in [6.45, 7) is 3.85. The van der Waals surface area contributed by atoms with Crippen molar-refractivity contribution in [2.45, 2.75) is 13.8 Å². The topological polar surface area (TPSA) is 55.5 Å². The number of nitrogen functional groups attached to an aromatic ring is 1. The fourth-order valence-corrected chi connectivity index (χ4v) is 2.73. The molecule has 0 saturated heterocycles. The lowest BCUT2D eigenvalue weighted by atomic mass is 10.0. The number of benzene rings is 3. The van der Waals surface area contributed by atoms with Crippen LogP contribution in [0.1, 0.15) is 11.1 Å². The number of hydrogen-bond acceptors (Lipinski definition) is 3. The van der Waals surface area contributed by atoms with Gasteiger partial charge in [-0.2, -0.15) is 0 Å². The van der Waals surface area contributed by atoms with Gasteiger partial charge in [-0.3, -0.25) is 0 Å². The standard InChI is InChI=1S/C20H18FNO2/c1-12-8-16(22)9-13(2)20(12)24-17-6-7-19(23)18(11-17)14-4-3-5-15(21)10-14/h3-11,23H,22H2,1-2H3. The van der Waals surface area contributed by atoms with E-state index >= 15 is 0 Å². The molecule has 0 amide bonds. The van der Waals surface area contributed by atoms with Gasteiger partial charge in [0, 0.05) is 11.3 Å². The molecule has 24 heavy (non-hydrogen) atoms. The number of phenolic OH excluding ortho intramolecular Hbond substituents is 1. The second kappa shape index (κ2) is 6.24. The van der Waals surface area contributed by atoms with Crippen LogP contribution >= 0.6 is 0 Å². The van der Waals surface area contributed by atoms with E-state index in [0.29, 0.717) is 22.6 Å². The highest BCUT2D eigenvalue weighted by Crippen LogP contribution is 2.36. The molecule has 0 aliphatic rings. The van der Waals surface area contributed by atoms with Crippen molar-refractivity contribution >= 4 is 5.69 Å². The summed E-state index contributed by atoms with van der Waals surface area (Å²) in [4.78, 5) is 0. The number of rotatable bonds is 3. The van der Waals surface area contributed by atoms with Crippen molar-refractivity contribution in [1.82, 2.24) is 0 Å². The molecule has 0 saturated carbocycles. The van der Waals surface area contributed by atoms with E-state index in [1.165, 1.54) is 18.2 Å². The van der Waals surface area contributed by atoms with Crippen LogP contribution < -0.4 is 10.5 Å². The summed E-state index contributed by atoms with van der Waals surface area (Å²) in [7, 11) is 0. The van der Waals surface area contributed by atoms with Gasteiger partial charge in [0.25, 0.3) is 0 Å². The summed E-state index contributed by atoms with van der Waals surface area (Å²) in [6.07, 6.45) is 0. The van der Waals surface area contributed by atoms with E-state index in [9.17, 15) is 9.50 Å². The van der Waals surface area contributed by atoms with Crippen LogP contribution in [-0.4, -0.2) is 5.11 Å². The molecule has 3 nitrogen and oxygen atoms in total. The van der Waals surface area contributed by atoms with Gasteiger partial charge in [0.2, 0.25) is 0 Å². The zero-order chi connectivity index (χ0) is 17.3. The molecule has 3 N–H and O–H groups in total. The van der Waals surface area contributed by atoms with Crippen molar-refractivity contribution in [2.24, 2.45) is 0 Å². The largest absolute Gasteiger partial charge is 0.507 e. The number of halogens is 1. The average molecular weight is 323 g/mol. The number of aromatic hydroxyl groups is 1. The molecule has 0 radical (unpaired) electrons. The van der Waals surface area contributed by atoms with Gasteiger partial charge in [-0.1, -0.05) is 12.1 Å². The Balaban J connectivity index is 2.01. The second-order valence-corrected chi connectivity index (χ2v) is 5.78. The lowest BCUT2D eigenvalue weighted by Crippen LogP contribution is -1.94. The number of ether oxygens (including phenoxy) is 1. The zero-order valence-electron chi connectivity index (χ0n) is 13.5. The minimum absolute atomic E-state index is 0.0682. The fourth-order valence-electron chi connectivity index (χ4n) is 2.73. The van der Waals surface area contributed by atoms with E-state index in [4.69, 9.17) is 10.5 Å². The van der Waals surface area contributed by atoms with E-state index in [1.807, 2.05) is 26.0 Å². The van der Waals surface area contributed by atoms with Gasteiger partial charge in [-0.15, -0.1) is 0 Å². The molecular weight excluding hydrogens is 305 g/mol.